The van der Waals surface area contributed by atoms with Gasteiger partial charge in [-0.05, 0) is 18.2 Å². The summed E-state index contributed by atoms with van der Waals surface area (Å²) >= 11 is 4.95. The second kappa shape index (κ2) is 7.58. The lowest BCUT2D eigenvalue weighted by Gasteiger charge is -2.11. The molecule has 0 N–H and O–H groups in total. The molecule has 2 aromatic heterocycles. The number of benzene rings is 2. The average Bonchev–Trinajstić information content (AvgIpc) is 3.36. The molecule has 4 nitrogen and oxygen atoms in total. The van der Waals surface area contributed by atoms with E-state index >= 15 is 0 Å². The minimum atomic E-state index is 0.0390. The maximum Gasteiger partial charge on any atom is 0.272 e. The molecule has 1 aliphatic heterocycles. The first-order chi connectivity index (χ1) is 14.6. The summed E-state index contributed by atoms with van der Waals surface area (Å²) in [7, 11) is 4.10. The lowest BCUT2D eigenvalue weighted by atomic mass is 10.3. The Morgan fingerprint density at radius 1 is 1.10 bits per heavy atom. The summed E-state index contributed by atoms with van der Waals surface area (Å²) in [5, 5.41) is 2.10. The van der Waals surface area contributed by atoms with Gasteiger partial charge in [0.1, 0.15) is 26.0 Å². The first kappa shape index (κ1) is 19.4. The SMILES string of the molecule is C=CCn1c(=O)/c(=C2\Sc3ccccc3N2C)s/c1=C\c1sc2ccccc2[n+]1C. The van der Waals surface area contributed by atoms with E-state index in [1.807, 2.05) is 23.7 Å². The van der Waals surface area contributed by atoms with E-state index in [2.05, 4.69) is 65.6 Å². The Hall–Kier alpha value is -2.61. The third-order valence-corrected chi connectivity index (χ3v) is 8.83. The van der Waals surface area contributed by atoms with Crippen molar-refractivity contribution in [3.8, 4) is 0 Å². The first-order valence-corrected chi connectivity index (χ1v) is 12.0. The predicted octanol–water partition coefficient (Wildman–Crippen LogP) is 3.27. The van der Waals surface area contributed by atoms with Crippen LogP contribution in [0.5, 0.6) is 0 Å². The summed E-state index contributed by atoms with van der Waals surface area (Å²) in [6, 6.07) is 16.6. The average molecular weight is 451 g/mol. The molecule has 2 aromatic carbocycles. The molecular formula is C23H20N3OS3+. The third-order valence-electron chi connectivity index (χ3n) is 5.17. The van der Waals surface area contributed by atoms with E-state index in [0.717, 1.165) is 24.9 Å². The van der Waals surface area contributed by atoms with Crippen molar-refractivity contribution < 1.29 is 4.57 Å². The number of rotatable bonds is 3. The quantitative estimate of drug-likeness (QED) is 0.354. The molecule has 0 aliphatic carbocycles. The second-order valence-electron chi connectivity index (χ2n) is 7.02. The molecule has 7 heteroatoms. The van der Waals surface area contributed by atoms with Crippen LogP contribution in [0.25, 0.3) is 21.3 Å². The standard InChI is InChI=1S/C23H20N3OS3/c1-4-13-26-20(14-19-24(2)15-9-5-7-11-17(15)28-19)30-21(22(26)27)23-25(3)16-10-6-8-12-18(16)29-23/h4-12,14H,1,13H2,2-3H3/q+1/b23-21+. The number of thioether (sulfide) groups is 1. The van der Waals surface area contributed by atoms with Crippen LogP contribution in [-0.4, -0.2) is 11.6 Å². The Kier molecular flexibility index (Phi) is 4.89. The number of nitrogens with zero attached hydrogens (tertiary/aromatic N) is 3. The maximum absolute atomic E-state index is 13.4. The van der Waals surface area contributed by atoms with Crippen LogP contribution in [0.2, 0.25) is 0 Å². The van der Waals surface area contributed by atoms with Gasteiger partial charge in [-0.1, -0.05) is 53.4 Å². The summed E-state index contributed by atoms with van der Waals surface area (Å²) < 4.78 is 6.95. The normalized spacial score (nSPS) is 15.8. The minimum absolute atomic E-state index is 0.0390. The Labute approximate surface area is 186 Å². The van der Waals surface area contributed by atoms with Crippen molar-refractivity contribution in [1.82, 2.24) is 4.57 Å². The predicted molar refractivity (Wildman–Crippen MR) is 129 cm³/mol. The van der Waals surface area contributed by atoms with Gasteiger partial charge < -0.3 is 4.90 Å². The molecule has 4 aromatic rings. The number of hydrogen-bond acceptors (Lipinski definition) is 5. The fourth-order valence-corrected chi connectivity index (χ4v) is 7.18. The molecule has 0 amide bonds. The number of para-hydroxylation sites is 2. The van der Waals surface area contributed by atoms with E-state index in [1.165, 1.54) is 15.1 Å². The zero-order chi connectivity index (χ0) is 20.8. The summed E-state index contributed by atoms with van der Waals surface area (Å²) in [6.07, 6.45) is 3.90. The van der Waals surface area contributed by atoms with Gasteiger partial charge in [0, 0.05) is 24.6 Å². The zero-order valence-electron chi connectivity index (χ0n) is 16.7. The number of allylic oxidation sites excluding steroid dienone is 1. The molecular weight excluding hydrogens is 430 g/mol. The third kappa shape index (κ3) is 3.05. The highest BCUT2D eigenvalue weighted by Gasteiger charge is 2.24. The van der Waals surface area contributed by atoms with Crippen LogP contribution < -0.4 is 24.2 Å². The zero-order valence-corrected chi connectivity index (χ0v) is 19.1. The molecule has 0 saturated carbocycles. The van der Waals surface area contributed by atoms with Crippen LogP contribution in [-0.2, 0) is 13.6 Å². The van der Waals surface area contributed by atoms with Gasteiger partial charge in [-0.15, -0.1) is 17.9 Å². The fraction of sp³-hybridized carbons (Fsp3) is 0.130. The molecule has 1 aliphatic rings. The monoisotopic (exact) mass is 450 g/mol. The lowest BCUT2D eigenvalue weighted by molar-refractivity contribution is -0.642. The molecule has 150 valence electrons. The summed E-state index contributed by atoms with van der Waals surface area (Å²) in [5.41, 5.74) is 2.37. The van der Waals surface area contributed by atoms with Crippen LogP contribution in [0.15, 0.2) is 70.9 Å². The van der Waals surface area contributed by atoms with E-state index in [-0.39, 0.29) is 5.56 Å². The van der Waals surface area contributed by atoms with Gasteiger partial charge >= 0.3 is 0 Å². The molecule has 0 fully saturated rings. The largest absolute Gasteiger partial charge is 0.337 e. The number of aryl methyl sites for hydroxylation is 1. The molecule has 0 spiro atoms. The molecule has 0 unspecified atom stereocenters. The van der Waals surface area contributed by atoms with E-state index in [9.17, 15) is 4.79 Å². The van der Waals surface area contributed by atoms with Crippen molar-refractivity contribution in [3.63, 3.8) is 0 Å². The lowest BCUT2D eigenvalue weighted by Crippen LogP contribution is -2.34. The molecule has 5 rings (SSSR count). The van der Waals surface area contributed by atoms with Gasteiger partial charge in [0.15, 0.2) is 0 Å². The Bertz CT molecular complexity index is 1480. The Balaban J connectivity index is 1.75. The van der Waals surface area contributed by atoms with E-state index < -0.39 is 0 Å². The smallest absolute Gasteiger partial charge is 0.272 e. The summed E-state index contributed by atoms with van der Waals surface area (Å²) in [5.74, 6) is 0. The van der Waals surface area contributed by atoms with Gasteiger partial charge in [0.2, 0.25) is 5.52 Å². The summed E-state index contributed by atoms with van der Waals surface area (Å²) in [4.78, 5) is 16.7. The van der Waals surface area contributed by atoms with Gasteiger partial charge in [0.05, 0.1) is 11.8 Å². The van der Waals surface area contributed by atoms with Crippen LogP contribution >= 0.6 is 34.4 Å². The number of thiazole rings is 2. The van der Waals surface area contributed by atoms with Gasteiger partial charge in [-0.2, -0.15) is 4.57 Å². The molecule has 0 saturated heterocycles. The topological polar surface area (TPSA) is 29.1 Å². The fourth-order valence-electron chi connectivity index (χ4n) is 3.62. The van der Waals surface area contributed by atoms with Crippen molar-refractivity contribution >= 4 is 61.4 Å². The maximum atomic E-state index is 13.4. The second-order valence-corrected chi connectivity index (χ2v) is 10.1. The van der Waals surface area contributed by atoms with Crippen molar-refractivity contribution in [2.24, 2.45) is 7.05 Å². The molecule has 3 heterocycles. The van der Waals surface area contributed by atoms with Crippen LogP contribution in [0.4, 0.5) is 5.69 Å². The van der Waals surface area contributed by atoms with Crippen molar-refractivity contribution in [2.75, 3.05) is 11.9 Å². The molecule has 0 radical (unpaired) electrons. The number of hydrogen-bond donors (Lipinski definition) is 0. The highest BCUT2D eigenvalue weighted by atomic mass is 32.2. The van der Waals surface area contributed by atoms with Crippen molar-refractivity contribution in [2.45, 2.75) is 11.4 Å². The number of anilines is 1. The molecule has 0 bridgehead atoms. The van der Waals surface area contributed by atoms with Gasteiger partial charge in [-0.3, -0.25) is 9.36 Å². The Morgan fingerprint density at radius 3 is 2.63 bits per heavy atom. The molecule has 0 atom stereocenters. The highest BCUT2D eigenvalue weighted by molar-refractivity contribution is 8.08. The highest BCUT2D eigenvalue weighted by Crippen LogP contribution is 2.44. The number of fused-ring (bicyclic) bond motifs is 2. The first-order valence-electron chi connectivity index (χ1n) is 9.53. The Morgan fingerprint density at radius 2 is 1.87 bits per heavy atom. The minimum Gasteiger partial charge on any atom is -0.337 e. The number of aromatic nitrogens is 2. The van der Waals surface area contributed by atoms with E-state index in [4.69, 9.17) is 0 Å². The van der Waals surface area contributed by atoms with Crippen molar-refractivity contribution in [1.29, 1.82) is 0 Å². The van der Waals surface area contributed by atoms with E-state index in [0.29, 0.717) is 6.54 Å². The van der Waals surface area contributed by atoms with Gasteiger partial charge in [0.25, 0.3) is 10.6 Å². The summed E-state index contributed by atoms with van der Waals surface area (Å²) in [6.45, 7) is 4.35. The van der Waals surface area contributed by atoms with Crippen LogP contribution in [0.1, 0.15) is 5.01 Å². The van der Waals surface area contributed by atoms with Crippen LogP contribution in [0.3, 0.4) is 0 Å². The van der Waals surface area contributed by atoms with Gasteiger partial charge in [-0.25, -0.2) is 0 Å². The van der Waals surface area contributed by atoms with Crippen LogP contribution in [0, 0.1) is 0 Å². The van der Waals surface area contributed by atoms with E-state index in [1.54, 1.807) is 40.5 Å². The van der Waals surface area contributed by atoms with Crippen molar-refractivity contribution in [3.05, 3.63) is 85.7 Å². The molecule has 30 heavy (non-hydrogen) atoms.